The first-order chi connectivity index (χ1) is 13.7. The number of rotatable bonds is 4. The molecule has 5 heteroatoms. The molecular weight excluding hydrogens is 350 g/mol. The fraction of sp³-hybridized carbons (Fsp3) is 0.0435. The lowest BCUT2D eigenvalue weighted by molar-refractivity contribution is -0.116. The van der Waals surface area contributed by atoms with E-state index in [4.69, 9.17) is 0 Å². The van der Waals surface area contributed by atoms with Crippen LogP contribution >= 0.6 is 0 Å². The molecule has 5 nitrogen and oxygen atoms in total. The molecule has 1 aliphatic heterocycles. The molecule has 0 atom stereocenters. The molecular formula is C23H19N3O2. The summed E-state index contributed by atoms with van der Waals surface area (Å²) in [6, 6.07) is 25.9. The summed E-state index contributed by atoms with van der Waals surface area (Å²) in [6.07, 6.45) is 1.64. The Bertz CT molecular complexity index is 969. The van der Waals surface area contributed by atoms with E-state index in [-0.39, 0.29) is 17.4 Å². The van der Waals surface area contributed by atoms with Gasteiger partial charge in [-0.2, -0.15) is 0 Å². The van der Waals surface area contributed by atoms with Crippen LogP contribution in [0.3, 0.4) is 0 Å². The second-order valence-electron chi connectivity index (χ2n) is 6.34. The first-order valence-corrected chi connectivity index (χ1v) is 8.97. The van der Waals surface area contributed by atoms with Gasteiger partial charge in [0, 0.05) is 12.7 Å². The molecule has 4 rings (SSSR count). The molecule has 0 saturated carbocycles. The fourth-order valence-electron chi connectivity index (χ4n) is 3.14. The summed E-state index contributed by atoms with van der Waals surface area (Å²) in [5.41, 5.74) is 3.16. The van der Waals surface area contributed by atoms with Crippen molar-refractivity contribution in [3.63, 3.8) is 0 Å². The zero-order chi connectivity index (χ0) is 19.5. The number of anilines is 3. The molecule has 0 unspecified atom stereocenters. The van der Waals surface area contributed by atoms with Crippen molar-refractivity contribution in [2.45, 2.75) is 0 Å². The molecule has 0 spiro atoms. The Hall–Kier alpha value is -3.86. The Morgan fingerprint density at radius 3 is 1.57 bits per heavy atom. The number of amides is 2. The van der Waals surface area contributed by atoms with Crippen LogP contribution in [0, 0.1) is 0 Å². The zero-order valence-corrected chi connectivity index (χ0v) is 15.4. The van der Waals surface area contributed by atoms with E-state index in [1.807, 2.05) is 92.0 Å². The number of hydrogen-bond donors (Lipinski definition) is 1. The number of nitrogens with one attached hydrogen (secondary N) is 1. The van der Waals surface area contributed by atoms with Crippen molar-refractivity contribution < 1.29 is 9.59 Å². The van der Waals surface area contributed by atoms with Crippen LogP contribution < -0.4 is 15.3 Å². The van der Waals surface area contributed by atoms with Crippen LogP contribution in [0.25, 0.3) is 6.08 Å². The van der Waals surface area contributed by atoms with Gasteiger partial charge in [-0.15, -0.1) is 0 Å². The van der Waals surface area contributed by atoms with E-state index in [9.17, 15) is 9.59 Å². The number of carbonyl (C=O) groups is 2. The predicted octanol–water partition coefficient (Wildman–Crippen LogP) is 4.11. The summed E-state index contributed by atoms with van der Waals surface area (Å²) in [7, 11) is 1.84. The molecule has 0 aliphatic carbocycles. The summed E-state index contributed by atoms with van der Waals surface area (Å²) in [6.45, 7) is 0. The van der Waals surface area contributed by atoms with Gasteiger partial charge in [0.05, 0.1) is 11.4 Å². The lowest BCUT2D eigenvalue weighted by atomic mass is 10.1. The second kappa shape index (κ2) is 7.40. The zero-order valence-electron chi connectivity index (χ0n) is 15.4. The van der Waals surface area contributed by atoms with Crippen LogP contribution in [0.15, 0.2) is 90.5 Å². The van der Waals surface area contributed by atoms with Gasteiger partial charge < -0.3 is 5.32 Å². The van der Waals surface area contributed by atoms with Gasteiger partial charge in [0.15, 0.2) is 0 Å². The normalized spacial score (nSPS) is 13.8. The minimum atomic E-state index is -0.349. The first kappa shape index (κ1) is 17.5. The SMILES string of the molecule is CNc1ccc(C=C2C(=O)N(c3ccccc3)N(c3ccccc3)C2=O)cc1. The minimum Gasteiger partial charge on any atom is -0.388 e. The highest BCUT2D eigenvalue weighted by Gasteiger charge is 2.42. The molecule has 1 aliphatic rings. The smallest absolute Gasteiger partial charge is 0.283 e. The monoisotopic (exact) mass is 369 g/mol. The predicted molar refractivity (Wildman–Crippen MR) is 112 cm³/mol. The minimum absolute atomic E-state index is 0.130. The highest BCUT2D eigenvalue weighted by atomic mass is 16.2. The fourth-order valence-corrected chi connectivity index (χ4v) is 3.14. The van der Waals surface area contributed by atoms with Crippen LogP contribution in [-0.2, 0) is 9.59 Å². The average Bonchev–Trinajstić information content (AvgIpc) is 3.00. The summed E-state index contributed by atoms with van der Waals surface area (Å²) in [4.78, 5) is 26.4. The van der Waals surface area contributed by atoms with Crippen LogP contribution in [0.1, 0.15) is 5.56 Å². The van der Waals surface area contributed by atoms with Gasteiger partial charge in [-0.25, -0.2) is 10.0 Å². The number of para-hydroxylation sites is 2. The maximum absolute atomic E-state index is 13.2. The Morgan fingerprint density at radius 2 is 1.14 bits per heavy atom. The van der Waals surface area contributed by atoms with Crippen molar-refractivity contribution in [2.24, 2.45) is 0 Å². The molecule has 3 aromatic rings. The summed E-state index contributed by atoms with van der Waals surface area (Å²) in [5, 5.41) is 5.90. The quantitative estimate of drug-likeness (QED) is 0.556. The summed E-state index contributed by atoms with van der Waals surface area (Å²) < 4.78 is 0. The Morgan fingerprint density at radius 1 is 0.679 bits per heavy atom. The average molecular weight is 369 g/mol. The molecule has 1 fully saturated rings. The number of hydrogen-bond acceptors (Lipinski definition) is 3. The molecule has 1 saturated heterocycles. The van der Waals surface area contributed by atoms with Gasteiger partial charge in [0.2, 0.25) is 0 Å². The number of benzene rings is 3. The van der Waals surface area contributed by atoms with E-state index in [0.717, 1.165) is 11.3 Å². The Labute approximate surface area is 163 Å². The van der Waals surface area contributed by atoms with E-state index in [1.165, 1.54) is 10.0 Å². The lowest BCUT2D eigenvalue weighted by Gasteiger charge is -2.27. The van der Waals surface area contributed by atoms with E-state index in [2.05, 4.69) is 5.32 Å². The Balaban J connectivity index is 1.80. The third-order valence-electron chi connectivity index (χ3n) is 4.56. The van der Waals surface area contributed by atoms with Crippen molar-refractivity contribution in [2.75, 3.05) is 22.4 Å². The Kier molecular flexibility index (Phi) is 4.64. The standard InChI is InChI=1S/C23H19N3O2/c1-24-18-14-12-17(13-15-18)16-21-22(27)25(19-8-4-2-5-9-19)26(23(21)28)20-10-6-3-7-11-20/h2-16,24H,1H3. The van der Waals surface area contributed by atoms with Crippen molar-refractivity contribution in [1.29, 1.82) is 0 Å². The summed E-state index contributed by atoms with van der Waals surface area (Å²) >= 11 is 0. The molecule has 3 aromatic carbocycles. The molecule has 138 valence electrons. The molecule has 1 heterocycles. The van der Waals surface area contributed by atoms with Gasteiger partial charge >= 0.3 is 0 Å². The van der Waals surface area contributed by atoms with Gasteiger partial charge in [-0.05, 0) is 48.0 Å². The molecule has 28 heavy (non-hydrogen) atoms. The highest BCUT2D eigenvalue weighted by molar-refractivity contribution is 6.38. The van der Waals surface area contributed by atoms with Crippen molar-refractivity contribution in [3.8, 4) is 0 Å². The highest BCUT2D eigenvalue weighted by Crippen LogP contribution is 2.32. The van der Waals surface area contributed by atoms with Gasteiger partial charge in [0.1, 0.15) is 5.57 Å². The number of hydrazine groups is 1. The van der Waals surface area contributed by atoms with Gasteiger partial charge in [-0.1, -0.05) is 48.5 Å². The largest absolute Gasteiger partial charge is 0.388 e. The van der Waals surface area contributed by atoms with E-state index in [1.54, 1.807) is 6.08 Å². The molecule has 1 N–H and O–H groups in total. The third-order valence-corrected chi connectivity index (χ3v) is 4.56. The van der Waals surface area contributed by atoms with E-state index < -0.39 is 0 Å². The molecule has 0 aromatic heterocycles. The second-order valence-corrected chi connectivity index (χ2v) is 6.34. The van der Waals surface area contributed by atoms with Crippen LogP contribution in [0.2, 0.25) is 0 Å². The maximum Gasteiger partial charge on any atom is 0.283 e. The van der Waals surface area contributed by atoms with Crippen molar-refractivity contribution in [1.82, 2.24) is 0 Å². The maximum atomic E-state index is 13.2. The van der Waals surface area contributed by atoms with Crippen LogP contribution in [0.5, 0.6) is 0 Å². The number of carbonyl (C=O) groups excluding carboxylic acids is 2. The van der Waals surface area contributed by atoms with Gasteiger partial charge in [0.25, 0.3) is 11.8 Å². The molecule has 0 radical (unpaired) electrons. The third kappa shape index (κ3) is 3.14. The molecule has 2 amide bonds. The lowest BCUT2D eigenvalue weighted by Crippen LogP contribution is -2.41. The summed E-state index contributed by atoms with van der Waals surface area (Å²) in [5.74, 6) is -0.699. The van der Waals surface area contributed by atoms with Crippen LogP contribution in [-0.4, -0.2) is 18.9 Å². The topological polar surface area (TPSA) is 52.7 Å². The number of nitrogens with zero attached hydrogens (tertiary/aromatic N) is 2. The van der Waals surface area contributed by atoms with Crippen molar-refractivity contribution >= 4 is 35.0 Å². The van der Waals surface area contributed by atoms with E-state index in [0.29, 0.717) is 11.4 Å². The van der Waals surface area contributed by atoms with Gasteiger partial charge in [-0.3, -0.25) is 9.59 Å². The van der Waals surface area contributed by atoms with Crippen molar-refractivity contribution in [3.05, 3.63) is 96.1 Å². The van der Waals surface area contributed by atoms with Crippen LogP contribution in [0.4, 0.5) is 17.1 Å². The van der Waals surface area contributed by atoms with E-state index >= 15 is 0 Å². The first-order valence-electron chi connectivity index (χ1n) is 8.97. The molecule has 0 bridgehead atoms.